The molecule has 0 aliphatic heterocycles. The Hall–Kier alpha value is -1.08. The zero-order valence-electron chi connectivity index (χ0n) is 14.5. The third-order valence-corrected chi connectivity index (χ3v) is 3.83. The SMILES string of the molecule is C=C(C)C(C)(C)c1c(C)ccc2ccccc12.CBr.CC. The van der Waals surface area contributed by atoms with Gasteiger partial charge in [-0.25, -0.2) is 0 Å². The molecule has 1 heteroatoms. The summed E-state index contributed by atoms with van der Waals surface area (Å²) >= 11 is 2.94. The van der Waals surface area contributed by atoms with Gasteiger partial charge in [-0.1, -0.05) is 92.2 Å². The van der Waals surface area contributed by atoms with Crippen LogP contribution in [0.1, 0.15) is 45.7 Å². The summed E-state index contributed by atoms with van der Waals surface area (Å²) in [6.45, 7) is 17.0. The second-order valence-electron chi connectivity index (χ2n) is 5.38. The van der Waals surface area contributed by atoms with Crippen LogP contribution in [0.25, 0.3) is 10.8 Å². The highest BCUT2D eigenvalue weighted by molar-refractivity contribution is 9.08. The van der Waals surface area contributed by atoms with E-state index in [4.69, 9.17) is 0 Å². The van der Waals surface area contributed by atoms with Crippen LogP contribution in [0.3, 0.4) is 0 Å². The quantitative estimate of drug-likeness (QED) is 0.403. The van der Waals surface area contributed by atoms with E-state index in [-0.39, 0.29) is 5.41 Å². The standard InChI is InChI=1S/C17H20.C2H6.CH3Br/c1-12(2)17(4,5)16-13(3)10-11-14-8-6-7-9-15(14)16;2*1-2/h6-11H,1H2,2-5H3;1-2H3;1H3. The Morgan fingerprint density at radius 1 is 1.00 bits per heavy atom. The summed E-state index contributed by atoms with van der Waals surface area (Å²) in [5.74, 6) is 1.81. The lowest BCUT2D eigenvalue weighted by Gasteiger charge is -2.29. The number of aryl methyl sites for hydroxylation is 1. The van der Waals surface area contributed by atoms with E-state index < -0.39 is 0 Å². The summed E-state index contributed by atoms with van der Waals surface area (Å²) in [7, 11) is 0. The van der Waals surface area contributed by atoms with Crippen LogP contribution in [0, 0.1) is 6.92 Å². The van der Waals surface area contributed by atoms with Crippen molar-refractivity contribution >= 4 is 26.7 Å². The van der Waals surface area contributed by atoms with Gasteiger partial charge in [0.05, 0.1) is 0 Å². The van der Waals surface area contributed by atoms with Gasteiger partial charge in [-0.15, -0.1) is 0 Å². The number of halogens is 1. The van der Waals surface area contributed by atoms with Gasteiger partial charge in [0.2, 0.25) is 0 Å². The fourth-order valence-corrected chi connectivity index (χ4v) is 2.42. The summed E-state index contributed by atoms with van der Waals surface area (Å²) < 4.78 is 0. The van der Waals surface area contributed by atoms with E-state index >= 15 is 0 Å². The van der Waals surface area contributed by atoms with Crippen molar-refractivity contribution in [1.29, 1.82) is 0 Å². The van der Waals surface area contributed by atoms with Crippen molar-refractivity contribution in [3.05, 3.63) is 59.7 Å². The molecule has 0 aliphatic carbocycles. The molecule has 2 rings (SSSR count). The number of allylic oxidation sites excluding steroid dienone is 1. The maximum Gasteiger partial charge on any atom is 0.0108 e. The fraction of sp³-hybridized carbons (Fsp3) is 0.400. The minimum atomic E-state index is 0.0188. The van der Waals surface area contributed by atoms with Crippen LogP contribution in [-0.4, -0.2) is 5.83 Å². The zero-order chi connectivity index (χ0) is 16.6. The average molecular weight is 349 g/mol. The first-order valence-electron chi connectivity index (χ1n) is 7.47. The minimum absolute atomic E-state index is 0.0188. The van der Waals surface area contributed by atoms with Crippen LogP contribution in [-0.2, 0) is 5.41 Å². The van der Waals surface area contributed by atoms with Gasteiger partial charge in [0.1, 0.15) is 0 Å². The van der Waals surface area contributed by atoms with E-state index in [9.17, 15) is 0 Å². The van der Waals surface area contributed by atoms with Crippen molar-refractivity contribution in [2.45, 2.75) is 47.0 Å². The van der Waals surface area contributed by atoms with Crippen LogP contribution < -0.4 is 0 Å². The highest BCUT2D eigenvalue weighted by Crippen LogP contribution is 2.37. The first kappa shape index (κ1) is 19.9. The Balaban J connectivity index is 0.000000921. The molecule has 0 nitrogen and oxygen atoms in total. The Morgan fingerprint density at radius 2 is 1.52 bits per heavy atom. The Morgan fingerprint density at radius 3 is 2.05 bits per heavy atom. The predicted octanol–water partition coefficient (Wildman–Crippen LogP) is 7.04. The van der Waals surface area contributed by atoms with E-state index in [1.807, 2.05) is 19.7 Å². The van der Waals surface area contributed by atoms with Crippen LogP contribution in [0.5, 0.6) is 0 Å². The van der Waals surface area contributed by atoms with Gasteiger partial charge in [-0.05, 0) is 41.6 Å². The fourth-order valence-electron chi connectivity index (χ4n) is 2.42. The molecule has 0 amide bonds. The summed E-state index contributed by atoms with van der Waals surface area (Å²) in [5, 5.41) is 2.66. The zero-order valence-corrected chi connectivity index (χ0v) is 16.1. The van der Waals surface area contributed by atoms with Crippen molar-refractivity contribution in [2.24, 2.45) is 0 Å². The topological polar surface area (TPSA) is 0 Å². The van der Waals surface area contributed by atoms with Gasteiger partial charge in [-0.3, -0.25) is 0 Å². The Labute approximate surface area is 139 Å². The highest BCUT2D eigenvalue weighted by atomic mass is 79.9. The van der Waals surface area contributed by atoms with Gasteiger partial charge in [0.25, 0.3) is 0 Å². The van der Waals surface area contributed by atoms with E-state index in [0.717, 1.165) is 0 Å². The number of hydrogen-bond donors (Lipinski definition) is 0. The molecular formula is C20H29Br. The Kier molecular flexibility index (Phi) is 8.58. The monoisotopic (exact) mass is 348 g/mol. The molecule has 0 spiro atoms. The lowest BCUT2D eigenvalue weighted by molar-refractivity contribution is 0.628. The molecule has 116 valence electrons. The van der Waals surface area contributed by atoms with E-state index in [1.165, 1.54) is 27.5 Å². The van der Waals surface area contributed by atoms with Gasteiger partial charge in [-0.2, -0.15) is 0 Å². The van der Waals surface area contributed by atoms with Crippen LogP contribution >= 0.6 is 15.9 Å². The van der Waals surface area contributed by atoms with Gasteiger partial charge in [0.15, 0.2) is 0 Å². The smallest absolute Gasteiger partial charge is 0.0108 e. The van der Waals surface area contributed by atoms with Gasteiger partial charge < -0.3 is 0 Å². The van der Waals surface area contributed by atoms with Crippen molar-refractivity contribution in [3.63, 3.8) is 0 Å². The molecule has 0 radical (unpaired) electrons. The molecule has 0 aliphatic rings. The number of rotatable bonds is 2. The maximum absolute atomic E-state index is 4.15. The number of benzene rings is 2. The second-order valence-corrected chi connectivity index (χ2v) is 5.38. The molecule has 2 aromatic rings. The third kappa shape index (κ3) is 4.44. The van der Waals surface area contributed by atoms with Crippen LogP contribution in [0.15, 0.2) is 48.6 Å². The maximum atomic E-state index is 4.15. The molecule has 21 heavy (non-hydrogen) atoms. The molecule has 0 N–H and O–H groups in total. The van der Waals surface area contributed by atoms with Crippen molar-refractivity contribution in [2.75, 3.05) is 5.83 Å². The summed E-state index contributed by atoms with van der Waals surface area (Å²) in [4.78, 5) is 0. The van der Waals surface area contributed by atoms with E-state index in [2.05, 4.69) is 86.6 Å². The molecule has 0 bridgehead atoms. The molecule has 2 aromatic carbocycles. The number of hydrogen-bond acceptors (Lipinski definition) is 0. The van der Waals surface area contributed by atoms with Crippen molar-refractivity contribution < 1.29 is 0 Å². The van der Waals surface area contributed by atoms with Crippen LogP contribution in [0.4, 0.5) is 0 Å². The third-order valence-electron chi connectivity index (χ3n) is 3.83. The van der Waals surface area contributed by atoms with E-state index in [0.29, 0.717) is 0 Å². The van der Waals surface area contributed by atoms with E-state index in [1.54, 1.807) is 0 Å². The first-order valence-corrected chi connectivity index (χ1v) is 9.06. The minimum Gasteiger partial charge on any atom is -0.0993 e. The van der Waals surface area contributed by atoms with Gasteiger partial charge >= 0.3 is 0 Å². The molecule has 0 saturated carbocycles. The number of fused-ring (bicyclic) bond motifs is 1. The predicted molar refractivity (Wildman–Crippen MR) is 103 cm³/mol. The first-order chi connectivity index (χ1) is 9.94. The largest absolute Gasteiger partial charge is 0.0993 e. The molecule has 0 saturated heterocycles. The molecule has 0 fully saturated rings. The molecular weight excluding hydrogens is 320 g/mol. The lowest BCUT2D eigenvalue weighted by Crippen LogP contribution is -2.20. The van der Waals surface area contributed by atoms with Crippen molar-refractivity contribution in [1.82, 2.24) is 0 Å². The summed E-state index contributed by atoms with van der Waals surface area (Å²) in [6.07, 6.45) is 0. The van der Waals surface area contributed by atoms with Gasteiger partial charge in [0, 0.05) is 5.41 Å². The molecule has 0 heterocycles. The molecule has 0 atom stereocenters. The highest BCUT2D eigenvalue weighted by Gasteiger charge is 2.25. The number of alkyl halides is 1. The normalized spacial score (nSPS) is 10.1. The Bertz CT molecular complexity index is 579. The average Bonchev–Trinajstić information content (AvgIpc) is 2.50. The van der Waals surface area contributed by atoms with Crippen molar-refractivity contribution in [3.8, 4) is 0 Å². The second kappa shape index (κ2) is 9.04. The molecule has 0 unspecified atom stereocenters. The lowest BCUT2D eigenvalue weighted by atomic mass is 9.75. The summed E-state index contributed by atoms with van der Waals surface area (Å²) in [6, 6.07) is 13.0. The molecule has 0 aromatic heterocycles. The van der Waals surface area contributed by atoms with Crippen LogP contribution in [0.2, 0.25) is 0 Å². The summed E-state index contributed by atoms with van der Waals surface area (Å²) in [5.41, 5.74) is 3.97.